The highest BCUT2D eigenvalue weighted by Gasteiger charge is 2.18. The number of aromatic nitrogens is 1. The van der Waals surface area contributed by atoms with Crippen molar-refractivity contribution in [1.29, 1.82) is 0 Å². The lowest BCUT2D eigenvalue weighted by atomic mass is 10.0. The van der Waals surface area contributed by atoms with Crippen LogP contribution in [-0.2, 0) is 16.4 Å². The molecule has 0 spiro atoms. The molecular formula is C17H18FN3O3S. The zero-order valence-corrected chi connectivity index (χ0v) is 14.3. The molecule has 1 heterocycles. The van der Waals surface area contributed by atoms with Gasteiger partial charge in [0, 0.05) is 29.1 Å². The Kier molecular flexibility index (Phi) is 4.61. The first kappa shape index (κ1) is 17.6. The maximum Gasteiger partial charge on any atom is 0.238 e. The van der Waals surface area contributed by atoms with Crippen LogP contribution in [0.15, 0.2) is 47.5 Å². The number of hydrogen-bond acceptors (Lipinski definition) is 4. The number of halogens is 1. The normalized spacial score (nSPS) is 13.3. The number of fused-ring (bicyclic) bond motifs is 1. The van der Waals surface area contributed by atoms with Gasteiger partial charge in [-0.2, -0.15) is 0 Å². The monoisotopic (exact) mass is 363 g/mol. The van der Waals surface area contributed by atoms with E-state index in [1.807, 2.05) is 0 Å². The van der Waals surface area contributed by atoms with Crippen LogP contribution < -0.4 is 10.5 Å². The quantitative estimate of drug-likeness (QED) is 0.517. The van der Waals surface area contributed by atoms with E-state index in [1.54, 1.807) is 31.4 Å². The summed E-state index contributed by atoms with van der Waals surface area (Å²) in [5.74, 6) is -0.344. The van der Waals surface area contributed by atoms with Gasteiger partial charge < -0.3 is 10.1 Å². The molecule has 0 radical (unpaired) electrons. The van der Waals surface area contributed by atoms with Gasteiger partial charge in [0.05, 0.1) is 4.90 Å². The number of aromatic amines is 1. The van der Waals surface area contributed by atoms with Crippen LogP contribution in [0, 0.1) is 5.82 Å². The fourth-order valence-electron chi connectivity index (χ4n) is 2.83. The number of aliphatic hydroxyl groups is 1. The van der Waals surface area contributed by atoms with E-state index in [2.05, 4.69) is 10.3 Å². The van der Waals surface area contributed by atoms with Crippen LogP contribution in [0.4, 0.5) is 4.39 Å². The number of likely N-dealkylation sites (N-methyl/N-ethyl adjacent to an activating group) is 1. The molecule has 0 amide bonds. The van der Waals surface area contributed by atoms with Gasteiger partial charge in [0.1, 0.15) is 12.0 Å². The smallest absolute Gasteiger partial charge is 0.238 e. The molecule has 0 saturated carbocycles. The molecule has 3 aromatic rings. The van der Waals surface area contributed by atoms with E-state index < -0.39 is 16.3 Å². The van der Waals surface area contributed by atoms with Gasteiger partial charge in [0.2, 0.25) is 10.0 Å². The van der Waals surface area contributed by atoms with Crippen LogP contribution in [0.1, 0.15) is 5.56 Å². The largest absolute Gasteiger partial charge is 0.378 e. The lowest BCUT2D eigenvalue weighted by molar-refractivity contribution is 0.146. The Labute approximate surface area is 144 Å². The lowest BCUT2D eigenvalue weighted by Crippen LogP contribution is -2.28. The number of sulfonamides is 1. The maximum absolute atomic E-state index is 13.3. The molecule has 5 N–H and O–H groups in total. The van der Waals surface area contributed by atoms with Crippen molar-refractivity contribution in [3.8, 4) is 11.1 Å². The summed E-state index contributed by atoms with van der Waals surface area (Å²) in [7, 11) is -2.35. The Hall–Kier alpha value is -2.26. The molecule has 132 valence electrons. The maximum atomic E-state index is 13.3. The Morgan fingerprint density at radius 1 is 1.28 bits per heavy atom. The van der Waals surface area contributed by atoms with Gasteiger partial charge >= 0.3 is 0 Å². The predicted octanol–water partition coefficient (Wildman–Crippen LogP) is 1.70. The summed E-state index contributed by atoms with van der Waals surface area (Å²) in [5, 5.41) is 18.6. The van der Waals surface area contributed by atoms with Crippen LogP contribution in [0.2, 0.25) is 0 Å². The highest BCUT2D eigenvalue weighted by atomic mass is 32.2. The number of primary sulfonamides is 1. The van der Waals surface area contributed by atoms with Crippen LogP contribution in [0.5, 0.6) is 0 Å². The third-order valence-corrected chi connectivity index (χ3v) is 5.08. The first-order valence-corrected chi connectivity index (χ1v) is 9.12. The average molecular weight is 363 g/mol. The Morgan fingerprint density at radius 3 is 2.72 bits per heavy atom. The molecule has 0 aliphatic rings. The number of benzene rings is 2. The van der Waals surface area contributed by atoms with Crippen LogP contribution in [-0.4, -0.2) is 31.8 Å². The first-order chi connectivity index (χ1) is 11.8. The van der Waals surface area contributed by atoms with Gasteiger partial charge in [-0.05, 0) is 48.5 Å². The second-order valence-corrected chi connectivity index (χ2v) is 7.30. The Bertz CT molecular complexity index is 1030. The molecular weight excluding hydrogens is 345 g/mol. The topological polar surface area (TPSA) is 108 Å². The van der Waals surface area contributed by atoms with E-state index in [0.29, 0.717) is 11.1 Å². The molecule has 25 heavy (non-hydrogen) atoms. The van der Waals surface area contributed by atoms with Crippen molar-refractivity contribution in [2.45, 2.75) is 17.5 Å². The molecule has 0 bridgehead atoms. The van der Waals surface area contributed by atoms with Crippen LogP contribution >= 0.6 is 0 Å². The minimum atomic E-state index is -3.92. The summed E-state index contributed by atoms with van der Waals surface area (Å²) in [6, 6.07) is 9.15. The molecule has 0 aliphatic heterocycles. The fraction of sp³-hybridized carbons (Fsp3) is 0.176. The third kappa shape index (κ3) is 3.57. The molecule has 0 saturated heterocycles. The summed E-state index contributed by atoms with van der Waals surface area (Å²) >= 11 is 0. The van der Waals surface area contributed by atoms with E-state index in [0.717, 1.165) is 16.5 Å². The molecule has 1 unspecified atom stereocenters. The molecule has 0 fully saturated rings. The second kappa shape index (κ2) is 6.57. The summed E-state index contributed by atoms with van der Waals surface area (Å²) in [5.41, 5.74) is 2.58. The van der Waals surface area contributed by atoms with Gasteiger partial charge in [-0.3, -0.25) is 5.32 Å². The van der Waals surface area contributed by atoms with Crippen molar-refractivity contribution in [2.24, 2.45) is 5.14 Å². The lowest BCUT2D eigenvalue weighted by Gasteiger charge is -2.14. The molecule has 0 aliphatic carbocycles. The predicted molar refractivity (Wildman–Crippen MR) is 93.8 cm³/mol. The minimum Gasteiger partial charge on any atom is -0.378 e. The molecule has 1 aromatic heterocycles. The minimum absolute atomic E-state index is 0.0311. The van der Waals surface area contributed by atoms with Crippen molar-refractivity contribution in [3.05, 3.63) is 54.0 Å². The highest BCUT2D eigenvalue weighted by Crippen LogP contribution is 2.31. The van der Waals surface area contributed by atoms with Crippen LogP contribution in [0.25, 0.3) is 22.0 Å². The average Bonchev–Trinajstić information content (AvgIpc) is 2.96. The van der Waals surface area contributed by atoms with E-state index in [-0.39, 0.29) is 17.1 Å². The molecule has 6 nitrogen and oxygen atoms in total. The summed E-state index contributed by atoms with van der Waals surface area (Å²) in [4.78, 5) is 2.97. The number of rotatable bonds is 5. The molecule has 3 rings (SSSR count). The fourth-order valence-corrected chi connectivity index (χ4v) is 3.60. The molecule has 8 heteroatoms. The van der Waals surface area contributed by atoms with Gasteiger partial charge in [0.25, 0.3) is 0 Å². The summed E-state index contributed by atoms with van der Waals surface area (Å²) < 4.78 is 36.9. The van der Waals surface area contributed by atoms with Gasteiger partial charge in [-0.25, -0.2) is 17.9 Å². The van der Waals surface area contributed by atoms with E-state index in [9.17, 15) is 17.9 Å². The number of hydrogen-bond donors (Lipinski definition) is 4. The number of nitrogens with two attached hydrogens (primary N) is 1. The zero-order valence-electron chi connectivity index (χ0n) is 13.5. The van der Waals surface area contributed by atoms with Crippen molar-refractivity contribution in [3.63, 3.8) is 0 Å². The number of nitrogens with one attached hydrogen (secondary N) is 2. The van der Waals surface area contributed by atoms with E-state index in [4.69, 9.17) is 5.14 Å². The van der Waals surface area contributed by atoms with Gasteiger partial charge in [-0.15, -0.1) is 0 Å². The number of H-pyrrole nitrogens is 1. The standard InChI is InChI=1S/C17H18FN3O3S/c1-20-17(22)7-11-6-10(2-5-16(11)25(19,23)24)14-9-21-15-8-12(18)3-4-13(14)15/h2-6,8-9,17,20-22H,7H2,1H3,(H2,19,23,24). The van der Waals surface area contributed by atoms with Crippen molar-refractivity contribution >= 4 is 20.9 Å². The summed E-state index contributed by atoms with van der Waals surface area (Å²) in [6.07, 6.45) is 0.898. The van der Waals surface area contributed by atoms with E-state index >= 15 is 0 Å². The number of aliphatic hydroxyl groups excluding tert-OH is 1. The van der Waals surface area contributed by atoms with Crippen molar-refractivity contribution < 1.29 is 17.9 Å². The SMILES string of the molecule is CNC(O)Cc1cc(-c2c[nH]c3cc(F)ccc23)ccc1S(N)(=O)=O. The molecule has 1 atom stereocenters. The Morgan fingerprint density at radius 2 is 2.04 bits per heavy atom. The molecule has 2 aromatic carbocycles. The van der Waals surface area contributed by atoms with Crippen molar-refractivity contribution in [1.82, 2.24) is 10.3 Å². The Balaban J connectivity index is 2.15. The van der Waals surface area contributed by atoms with Crippen LogP contribution in [0.3, 0.4) is 0 Å². The van der Waals surface area contributed by atoms with Gasteiger partial charge in [-0.1, -0.05) is 6.07 Å². The summed E-state index contributed by atoms with van der Waals surface area (Å²) in [6.45, 7) is 0. The van der Waals surface area contributed by atoms with E-state index in [1.165, 1.54) is 18.2 Å². The second-order valence-electron chi connectivity index (χ2n) is 5.77. The van der Waals surface area contributed by atoms with Crippen molar-refractivity contribution in [2.75, 3.05) is 7.05 Å². The third-order valence-electron chi connectivity index (χ3n) is 4.07. The zero-order chi connectivity index (χ0) is 18.2. The first-order valence-electron chi connectivity index (χ1n) is 7.57. The van der Waals surface area contributed by atoms with Gasteiger partial charge in [0.15, 0.2) is 0 Å². The highest BCUT2D eigenvalue weighted by molar-refractivity contribution is 7.89.